The molecule has 17 heavy (non-hydrogen) atoms. The molecule has 100 valence electrons. The predicted molar refractivity (Wildman–Crippen MR) is 71.0 cm³/mol. The topological polar surface area (TPSA) is 47.3 Å². The predicted octanol–water partition coefficient (Wildman–Crippen LogP) is 2.05. The molecule has 2 fully saturated rings. The third-order valence-corrected chi connectivity index (χ3v) is 4.30. The average molecular weight is 240 g/mol. The Balaban J connectivity index is 1.75. The Morgan fingerprint density at radius 2 is 1.76 bits per heavy atom. The van der Waals surface area contributed by atoms with Crippen LogP contribution in [0.3, 0.4) is 0 Å². The summed E-state index contributed by atoms with van der Waals surface area (Å²) in [5, 5.41) is 3.83. The standard InChI is InChI=1S/C14H28N2O/c1-10(2)14-9-13(7-8-17-14)16-12-5-3-11(15)4-6-12/h10-14,16H,3-9,15H2,1-2H3. The molecule has 0 aromatic heterocycles. The summed E-state index contributed by atoms with van der Waals surface area (Å²) in [5.41, 5.74) is 5.94. The number of ether oxygens (including phenoxy) is 1. The first-order valence-electron chi connectivity index (χ1n) is 7.28. The maximum Gasteiger partial charge on any atom is 0.0612 e. The highest BCUT2D eigenvalue weighted by Crippen LogP contribution is 2.23. The van der Waals surface area contributed by atoms with Gasteiger partial charge in [-0.3, -0.25) is 0 Å². The molecule has 0 aromatic carbocycles. The molecule has 2 aliphatic rings. The van der Waals surface area contributed by atoms with Gasteiger partial charge < -0.3 is 15.8 Å². The quantitative estimate of drug-likeness (QED) is 0.793. The van der Waals surface area contributed by atoms with Crippen molar-refractivity contribution < 1.29 is 4.74 Å². The van der Waals surface area contributed by atoms with Gasteiger partial charge >= 0.3 is 0 Å². The second-order valence-corrected chi connectivity index (χ2v) is 6.15. The van der Waals surface area contributed by atoms with E-state index in [0.29, 0.717) is 30.1 Å². The molecule has 0 amide bonds. The molecule has 0 aromatic rings. The van der Waals surface area contributed by atoms with E-state index in [0.717, 1.165) is 6.61 Å². The van der Waals surface area contributed by atoms with E-state index in [1.54, 1.807) is 0 Å². The van der Waals surface area contributed by atoms with Crippen LogP contribution in [0.2, 0.25) is 0 Å². The highest BCUT2D eigenvalue weighted by atomic mass is 16.5. The van der Waals surface area contributed by atoms with Crippen LogP contribution < -0.4 is 11.1 Å². The molecule has 2 rings (SSSR count). The van der Waals surface area contributed by atoms with Gasteiger partial charge in [0.05, 0.1) is 6.10 Å². The highest BCUT2D eigenvalue weighted by Gasteiger charge is 2.27. The van der Waals surface area contributed by atoms with Crippen molar-refractivity contribution in [3.63, 3.8) is 0 Å². The lowest BCUT2D eigenvalue weighted by molar-refractivity contribution is -0.0265. The highest BCUT2D eigenvalue weighted by molar-refractivity contribution is 4.85. The van der Waals surface area contributed by atoms with E-state index in [9.17, 15) is 0 Å². The van der Waals surface area contributed by atoms with Gasteiger partial charge in [0.1, 0.15) is 0 Å². The van der Waals surface area contributed by atoms with Crippen molar-refractivity contribution >= 4 is 0 Å². The van der Waals surface area contributed by atoms with Crippen LogP contribution in [-0.4, -0.2) is 30.8 Å². The summed E-state index contributed by atoms with van der Waals surface area (Å²) in [4.78, 5) is 0. The second kappa shape index (κ2) is 6.17. The largest absolute Gasteiger partial charge is 0.378 e. The molecule has 0 radical (unpaired) electrons. The first kappa shape index (κ1) is 13.3. The first-order chi connectivity index (χ1) is 8.15. The van der Waals surface area contributed by atoms with E-state index in [4.69, 9.17) is 10.5 Å². The van der Waals surface area contributed by atoms with Crippen molar-refractivity contribution in [1.82, 2.24) is 5.32 Å². The minimum Gasteiger partial charge on any atom is -0.378 e. The van der Waals surface area contributed by atoms with Gasteiger partial charge in [0.25, 0.3) is 0 Å². The molecular weight excluding hydrogens is 212 g/mol. The molecule has 3 heteroatoms. The Morgan fingerprint density at radius 1 is 1.06 bits per heavy atom. The molecule has 2 atom stereocenters. The van der Waals surface area contributed by atoms with E-state index in [1.165, 1.54) is 38.5 Å². The van der Waals surface area contributed by atoms with E-state index >= 15 is 0 Å². The van der Waals surface area contributed by atoms with E-state index in [2.05, 4.69) is 19.2 Å². The normalized spacial score (nSPS) is 39.5. The number of nitrogens with two attached hydrogens (primary N) is 1. The molecule has 0 bridgehead atoms. The summed E-state index contributed by atoms with van der Waals surface area (Å²) >= 11 is 0. The minimum absolute atomic E-state index is 0.450. The van der Waals surface area contributed by atoms with E-state index < -0.39 is 0 Å². The lowest BCUT2D eigenvalue weighted by Crippen LogP contribution is -2.47. The number of hydrogen-bond donors (Lipinski definition) is 2. The fourth-order valence-electron chi connectivity index (χ4n) is 3.06. The van der Waals surface area contributed by atoms with Gasteiger partial charge in [0.2, 0.25) is 0 Å². The summed E-state index contributed by atoms with van der Waals surface area (Å²) in [7, 11) is 0. The van der Waals surface area contributed by atoms with Crippen LogP contribution in [0.15, 0.2) is 0 Å². The number of nitrogens with one attached hydrogen (secondary N) is 1. The van der Waals surface area contributed by atoms with Crippen molar-refractivity contribution in [2.75, 3.05) is 6.61 Å². The second-order valence-electron chi connectivity index (χ2n) is 6.15. The van der Waals surface area contributed by atoms with E-state index in [-0.39, 0.29) is 0 Å². The molecule has 1 saturated carbocycles. The summed E-state index contributed by atoms with van der Waals surface area (Å²) < 4.78 is 5.82. The maximum atomic E-state index is 5.94. The molecule has 3 nitrogen and oxygen atoms in total. The summed E-state index contributed by atoms with van der Waals surface area (Å²) in [6.45, 7) is 5.44. The fourth-order valence-corrected chi connectivity index (χ4v) is 3.06. The number of hydrogen-bond acceptors (Lipinski definition) is 3. The average Bonchev–Trinajstić information content (AvgIpc) is 2.32. The van der Waals surface area contributed by atoms with Gasteiger partial charge in [-0.15, -0.1) is 0 Å². The van der Waals surface area contributed by atoms with Crippen LogP contribution in [0.5, 0.6) is 0 Å². The third kappa shape index (κ3) is 3.94. The van der Waals surface area contributed by atoms with Crippen molar-refractivity contribution in [2.24, 2.45) is 11.7 Å². The zero-order valence-electron chi connectivity index (χ0n) is 11.3. The molecule has 1 heterocycles. The molecule has 1 aliphatic carbocycles. The van der Waals surface area contributed by atoms with Crippen LogP contribution in [0.1, 0.15) is 52.4 Å². The molecule has 1 aliphatic heterocycles. The van der Waals surface area contributed by atoms with Crippen molar-refractivity contribution in [2.45, 2.75) is 76.6 Å². The van der Waals surface area contributed by atoms with Gasteiger partial charge in [-0.1, -0.05) is 13.8 Å². The van der Waals surface area contributed by atoms with Gasteiger partial charge in [-0.2, -0.15) is 0 Å². The van der Waals surface area contributed by atoms with Crippen LogP contribution >= 0.6 is 0 Å². The van der Waals surface area contributed by atoms with Crippen LogP contribution in [-0.2, 0) is 4.74 Å². The van der Waals surface area contributed by atoms with E-state index in [1.807, 2.05) is 0 Å². The Hall–Kier alpha value is -0.120. The van der Waals surface area contributed by atoms with Crippen molar-refractivity contribution in [1.29, 1.82) is 0 Å². The Labute approximate surface area is 105 Å². The lowest BCUT2D eigenvalue weighted by Gasteiger charge is -2.36. The Kier molecular flexibility index (Phi) is 4.83. The van der Waals surface area contributed by atoms with Gasteiger partial charge in [0.15, 0.2) is 0 Å². The zero-order chi connectivity index (χ0) is 12.3. The summed E-state index contributed by atoms with van der Waals surface area (Å²) in [6, 6.07) is 1.81. The first-order valence-corrected chi connectivity index (χ1v) is 7.28. The summed E-state index contributed by atoms with van der Waals surface area (Å²) in [5.74, 6) is 0.638. The smallest absolute Gasteiger partial charge is 0.0612 e. The maximum absolute atomic E-state index is 5.94. The van der Waals surface area contributed by atoms with Crippen LogP contribution in [0, 0.1) is 5.92 Å². The lowest BCUT2D eigenvalue weighted by atomic mass is 9.89. The molecule has 2 unspecified atom stereocenters. The van der Waals surface area contributed by atoms with Gasteiger partial charge in [0, 0.05) is 24.7 Å². The van der Waals surface area contributed by atoms with Gasteiger partial charge in [-0.05, 0) is 44.4 Å². The van der Waals surface area contributed by atoms with Crippen LogP contribution in [0.25, 0.3) is 0 Å². The van der Waals surface area contributed by atoms with Gasteiger partial charge in [-0.25, -0.2) is 0 Å². The fraction of sp³-hybridized carbons (Fsp3) is 1.00. The van der Waals surface area contributed by atoms with Crippen molar-refractivity contribution in [3.05, 3.63) is 0 Å². The SMILES string of the molecule is CC(C)C1CC(NC2CCC(N)CC2)CCO1. The minimum atomic E-state index is 0.450. The van der Waals surface area contributed by atoms with Crippen LogP contribution in [0.4, 0.5) is 0 Å². The monoisotopic (exact) mass is 240 g/mol. The summed E-state index contributed by atoms with van der Waals surface area (Å²) in [6.07, 6.45) is 7.69. The zero-order valence-corrected chi connectivity index (χ0v) is 11.3. The molecule has 1 saturated heterocycles. The van der Waals surface area contributed by atoms with Crippen molar-refractivity contribution in [3.8, 4) is 0 Å². The number of rotatable bonds is 3. The Morgan fingerprint density at radius 3 is 2.41 bits per heavy atom. The Bertz CT molecular complexity index is 224. The molecule has 0 spiro atoms. The molecule has 3 N–H and O–H groups in total. The third-order valence-electron chi connectivity index (χ3n) is 4.30. The molecular formula is C14H28N2O.